The molecule has 0 saturated carbocycles. The van der Waals surface area contributed by atoms with Crippen LogP contribution in [0.1, 0.15) is 21.6 Å². The van der Waals surface area contributed by atoms with Gasteiger partial charge in [-0.2, -0.15) is 0 Å². The number of aromatic nitrogens is 3. The minimum Gasteiger partial charge on any atom is -0.487 e. The van der Waals surface area contributed by atoms with Gasteiger partial charge in [-0.15, -0.1) is 0 Å². The van der Waals surface area contributed by atoms with Crippen molar-refractivity contribution in [2.75, 3.05) is 5.32 Å². The van der Waals surface area contributed by atoms with Crippen molar-refractivity contribution in [3.05, 3.63) is 120 Å². The van der Waals surface area contributed by atoms with Crippen LogP contribution in [0, 0.1) is 6.92 Å². The number of aromatic amines is 1. The Labute approximate surface area is 203 Å². The summed E-state index contributed by atoms with van der Waals surface area (Å²) in [6, 6.07) is 28.7. The van der Waals surface area contributed by atoms with E-state index < -0.39 is 0 Å². The summed E-state index contributed by atoms with van der Waals surface area (Å²) >= 11 is 0. The second kappa shape index (κ2) is 10.1. The third-order valence-electron chi connectivity index (χ3n) is 5.65. The standard InChI is InChI=1S/C29H24N4O2/c1-20-10-11-23(28-31-18-27(32-28)21-7-3-2-4-8-21)17-26(20)33-29(34)22-12-14-25(15-13-22)35-19-24-9-5-6-16-30-24/h2-18H,19H2,1H3,(H,31,32)(H,33,34). The summed E-state index contributed by atoms with van der Waals surface area (Å²) < 4.78 is 5.76. The lowest BCUT2D eigenvalue weighted by Crippen LogP contribution is -2.12. The monoisotopic (exact) mass is 460 g/mol. The van der Waals surface area contributed by atoms with Gasteiger partial charge in [0, 0.05) is 23.0 Å². The number of nitrogens with zero attached hydrogens (tertiary/aromatic N) is 2. The molecule has 0 fully saturated rings. The van der Waals surface area contributed by atoms with Crippen molar-refractivity contribution in [1.29, 1.82) is 0 Å². The third kappa shape index (κ3) is 5.28. The average Bonchev–Trinajstić information content (AvgIpc) is 3.41. The molecule has 0 aliphatic carbocycles. The number of anilines is 1. The first kappa shape index (κ1) is 22.1. The Morgan fingerprint density at radius 3 is 2.46 bits per heavy atom. The molecule has 0 radical (unpaired) electrons. The summed E-state index contributed by atoms with van der Waals surface area (Å²) in [5.74, 6) is 1.23. The molecule has 0 spiro atoms. The lowest BCUT2D eigenvalue weighted by atomic mass is 10.1. The number of carbonyl (C=O) groups is 1. The number of imidazole rings is 1. The number of aryl methyl sites for hydroxylation is 1. The van der Waals surface area contributed by atoms with Crippen LogP contribution in [-0.4, -0.2) is 20.9 Å². The van der Waals surface area contributed by atoms with E-state index >= 15 is 0 Å². The minimum atomic E-state index is -0.189. The zero-order chi connectivity index (χ0) is 24.0. The van der Waals surface area contributed by atoms with Crippen molar-refractivity contribution < 1.29 is 9.53 Å². The summed E-state index contributed by atoms with van der Waals surface area (Å²) in [7, 11) is 0. The lowest BCUT2D eigenvalue weighted by molar-refractivity contribution is 0.102. The minimum absolute atomic E-state index is 0.189. The molecule has 5 rings (SSSR count). The molecule has 6 heteroatoms. The normalized spacial score (nSPS) is 10.7. The van der Waals surface area contributed by atoms with Gasteiger partial charge in [0.15, 0.2) is 0 Å². The molecule has 2 aromatic heterocycles. The largest absolute Gasteiger partial charge is 0.487 e. The maximum Gasteiger partial charge on any atom is 0.255 e. The Morgan fingerprint density at radius 1 is 0.886 bits per heavy atom. The summed E-state index contributed by atoms with van der Waals surface area (Å²) in [5.41, 5.74) is 6.00. The zero-order valence-corrected chi connectivity index (χ0v) is 19.2. The van der Waals surface area contributed by atoms with E-state index in [1.165, 1.54) is 0 Å². The fraction of sp³-hybridized carbons (Fsp3) is 0.0690. The second-order valence-corrected chi connectivity index (χ2v) is 8.13. The van der Waals surface area contributed by atoms with Crippen LogP contribution >= 0.6 is 0 Å². The molecule has 0 unspecified atom stereocenters. The van der Waals surface area contributed by atoms with E-state index in [2.05, 4.69) is 20.3 Å². The van der Waals surface area contributed by atoms with Gasteiger partial charge in [-0.1, -0.05) is 48.5 Å². The Balaban J connectivity index is 1.27. The number of amides is 1. The molecule has 2 heterocycles. The Hall–Kier alpha value is -4.71. The topological polar surface area (TPSA) is 79.9 Å². The fourth-order valence-electron chi connectivity index (χ4n) is 3.67. The maximum atomic E-state index is 12.9. The van der Waals surface area contributed by atoms with Crippen LogP contribution < -0.4 is 10.1 Å². The van der Waals surface area contributed by atoms with Crippen molar-refractivity contribution in [3.63, 3.8) is 0 Å². The first-order valence-electron chi connectivity index (χ1n) is 11.3. The molecule has 2 N–H and O–H groups in total. The predicted octanol–water partition coefficient (Wildman–Crippen LogP) is 6.28. The highest BCUT2D eigenvalue weighted by atomic mass is 16.5. The SMILES string of the molecule is Cc1ccc(-c2ncc(-c3ccccc3)[nH]2)cc1NC(=O)c1ccc(OCc2ccccn2)cc1. The zero-order valence-electron chi connectivity index (χ0n) is 19.2. The number of benzene rings is 3. The quantitative estimate of drug-likeness (QED) is 0.300. The van der Waals surface area contributed by atoms with E-state index in [0.29, 0.717) is 17.9 Å². The molecule has 0 bridgehead atoms. The van der Waals surface area contributed by atoms with Crippen LogP contribution in [0.15, 0.2) is 103 Å². The third-order valence-corrected chi connectivity index (χ3v) is 5.65. The molecule has 0 atom stereocenters. The van der Waals surface area contributed by atoms with Gasteiger partial charge in [-0.25, -0.2) is 4.98 Å². The summed E-state index contributed by atoms with van der Waals surface area (Å²) in [6.45, 7) is 2.34. The highest BCUT2D eigenvalue weighted by Crippen LogP contribution is 2.26. The first-order chi connectivity index (χ1) is 17.2. The first-order valence-corrected chi connectivity index (χ1v) is 11.3. The van der Waals surface area contributed by atoms with Crippen LogP contribution in [0.3, 0.4) is 0 Å². The van der Waals surface area contributed by atoms with Gasteiger partial charge >= 0.3 is 0 Å². The van der Waals surface area contributed by atoms with Crippen molar-refractivity contribution in [2.45, 2.75) is 13.5 Å². The van der Waals surface area contributed by atoms with Gasteiger partial charge in [0.25, 0.3) is 5.91 Å². The van der Waals surface area contributed by atoms with Gasteiger partial charge in [0.1, 0.15) is 18.2 Å². The Bertz CT molecular complexity index is 1430. The average molecular weight is 461 g/mol. The molecule has 0 saturated heterocycles. The van der Waals surface area contributed by atoms with Gasteiger partial charge in [-0.3, -0.25) is 9.78 Å². The molecule has 5 aromatic rings. The molecule has 35 heavy (non-hydrogen) atoms. The van der Waals surface area contributed by atoms with E-state index in [1.54, 1.807) is 30.5 Å². The molecule has 1 amide bonds. The van der Waals surface area contributed by atoms with Gasteiger partial charge < -0.3 is 15.0 Å². The number of hydrogen-bond acceptors (Lipinski definition) is 4. The Morgan fingerprint density at radius 2 is 1.69 bits per heavy atom. The van der Waals surface area contributed by atoms with Gasteiger partial charge in [0.05, 0.1) is 17.6 Å². The number of hydrogen-bond donors (Lipinski definition) is 2. The Kier molecular flexibility index (Phi) is 6.35. The smallest absolute Gasteiger partial charge is 0.255 e. The number of H-pyrrole nitrogens is 1. The molecular weight excluding hydrogens is 436 g/mol. The second-order valence-electron chi connectivity index (χ2n) is 8.13. The highest BCUT2D eigenvalue weighted by molar-refractivity contribution is 6.05. The van der Waals surface area contributed by atoms with Gasteiger partial charge in [0.2, 0.25) is 0 Å². The van der Waals surface area contributed by atoms with Crippen LogP contribution in [-0.2, 0) is 6.61 Å². The number of rotatable bonds is 7. The van der Waals surface area contributed by atoms with E-state index in [-0.39, 0.29) is 5.91 Å². The van der Waals surface area contributed by atoms with E-state index in [9.17, 15) is 4.79 Å². The van der Waals surface area contributed by atoms with E-state index in [0.717, 1.165) is 39.6 Å². The van der Waals surface area contributed by atoms with Crippen LogP contribution in [0.4, 0.5) is 5.69 Å². The summed E-state index contributed by atoms with van der Waals surface area (Å²) in [6.07, 6.45) is 3.55. The maximum absolute atomic E-state index is 12.9. The molecule has 3 aromatic carbocycles. The lowest BCUT2D eigenvalue weighted by Gasteiger charge is -2.11. The van der Waals surface area contributed by atoms with Crippen molar-refractivity contribution in [1.82, 2.24) is 15.0 Å². The number of carbonyl (C=O) groups excluding carboxylic acids is 1. The molecule has 0 aliphatic heterocycles. The molecular formula is C29H24N4O2. The summed E-state index contributed by atoms with van der Waals surface area (Å²) in [5, 5.41) is 3.02. The highest BCUT2D eigenvalue weighted by Gasteiger charge is 2.11. The van der Waals surface area contributed by atoms with E-state index in [4.69, 9.17) is 4.74 Å². The van der Waals surface area contributed by atoms with Crippen molar-refractivity contribution in [3.8, 4) is 28.4 Å². The molecule has 172 valence electrons. The van der Waals surface area contributed by atoms with Crippen LogP contribution in [0.5, 0.6) is 5.75 Å². The van der Waals surface area contributed by atoms with Crippen LogP contribution in [0.2, 0.25) is 0 Å². The van der Waals surface area contributed by atoms with Crippen molar-refractivity contribution in [2.24, 2.45) is 0 Å². The predicted molar refractivity (Wildman–Crippen MR) is 137 cm³/mol. The van der Waals surface area contributed by atoms with E-state index in [1.807, 2.05) is 79.9 Å². The molecule has 6 nitrogen and oxygen atoms in total. The number of nitrogens with one attached hydrogen (secondary N) is 2. The van der Waals surface area contributed by atoms with Crippen molar-refractivity contribution >= 4 is 11.6 Å². The molecule has 0 aliphatic rings. The fourth-order valence-corrected chi connectivity index (χ4v) is 3.67. The van der Waals surface area contributed by atoms with Gasteiger partial charge in [-0.05, 0) is 60.5 Å². The number of ether oxygens (including phenoxy) is 1. The van der Waals surface area contributed by atoms with Crippen LogP contribution in [0.25, 0.3) is 22.6 Å². The summed E-state index contributed by atoms with van der Waals surface area (Å²) in [4.78, 5) is 25.1. The number of pyridine rings is 1.